The normalized spacial score (nSPS) is 10.6. The van der Waals surface area contributed by atoms with Gasteiger partial charge in [-0.3, -0.25) is 0 Å². The van der Waals surface area contributed by atoms with Gasteiger partial charge in [0.05, 0.1) is 16.7 Å². The van der Waals surface area contributed by atoms with E-state index in [1.807, 2.05) is 30.3 Å². The first-order chi connectivity index (χ1) is 9.76. The second-order valence-electron chi connectivity index (χ2n) is 4.43. The summed E-state index contributed by atoms with van der Waals surface area (Å²) < 4.78 is 13.8. The summed E-state index contributed by atoms with van der Waals surface area (Å²) in [7, 11) is 0. The van der Waals surface area contributed by atoms with Crippen molar-refractivity contribution in [3.8, 4) is 6.07 Å². The van der Waals surface area contributed by atoms with Crippen LogP contribution in [0.3, 0.4) is 0 Å². The van der Waals surface area contributed by atoms with Crippen molar-refractivity contribution < 1.29 is 4.39 Å². The van der Waals surface area contributed by atoms with Gasteiger partial charge in [0.2, 0.25) is 0 Å². The maximum Gasteiger partial charge on any atom is 0.128 e. The first-order valence-electron chi connectivity index (χ1n) is 6.15. The summed E-state index contributed by atoms with van der Waals surface area (Å²) in [6.07, 6.45) is 0. The number of rotatable bonds is 3. The van der Waals surface area contributed by atoms with Crippen LogP contribution in [0.4, 0.5) is 4.39 Å². The Morgan fingerprint density at radius 1 is 1.15 bits per heavy atom. The van der Waals surface area contributed by atoms with Crippen molar-refractivity contribution in [3.05, 3.63) is 65.5 Å². The van der Waals surface area contributed by atoms with Crippen LogP contribution in [0.5, 0.6) is 0 Å². The summed E-state index contributed by atoms with van der Waals surface area (Å²) in [5, 5.41) is 10.9. The highest BCUT2D eigenvalue weighted by Crippen LogP contribution is 2.27. The molecule has 0 radical (unpaired) electrons. The number of hydrogen-bond donors (Lipinski definition) is 1. The molecule has 0 aliphatic heterocycles. The molecule has 0 saturated carbocycles. The molecule has 2 aromatic carbocycles. The molecular formula is C16H11FN2S. The molecule has 3 rings (SSSR count). The lowest BCUT2D eigenvalue weighted by atomic mass is 10.1. The number of hydrogen-bond acceptors (Lipinski definition) is 2. The Morgan fingerprint density at radius 3 is 2.75 bits per heavy atom. The number of aromatic nitrogens is 1. The summed E-state index contributed by atoms with van der Waals surface area (Å²) in [6.45, 7) is 0. The maximum absolute atomic E-state index is 13.8. The number of halogens is 1. The van der Waals surface area contributed by atoms with E-state index in [0.29, 0.717) is 16.9 Å². The van der Waals surface area contributed by atoms with Gasteiger partial charge in [0.25, 0.3) is 0 Å². The van der Waals surface area contributed by atoms with Crippen molar-refractivity contribution in [2.24, 2.45) is 0 Å². The minimum atomic E-state index is -0.326. The molecule has 1 aromatic heterocycles. The van der Waals surface area contributed by atoms with E-state index in [1.165, 1.54) is 6.07 Å². The number of nitrogens with one attached hydrogen (secondary N) is 1. The maximum atomic E-state index is 13.8. The number of nitriles is 1. The van der Waals surface area contributed by atoms with E-state index < -0.39 is 0 Å². The molecule has 3 aromatic rings. The van der Waals surface area contributed by atoms with E-state index in [1.54, 1.807) is 23.9 Å². The summed E-state index contributed by atoms with van der Waals surface area (Å²) in [4.78, 5) is 3.30. The van der Waals surface area contributed by atoms with E-state index in [0.717, 1.165) is 15.9 Å². The largest absolute Gasteiger partial charge is 0.350 e. The third kappa shape index (κ3) is 2.54. The van der Waals surface area contributed by atoms with Crippen molar-refractivity contribution in [2.45, 2.75) is 10.8 Å². The first kappa shape index (κ1) is 12.8. The molecular weight excluding hydrogens is 271 g/mol. The van der Waals surface area contributed by atoms with Gasteiger partial charge in [-0.2, -0.15) is 5.26 Å². The highest BCUT2D eigenvalue weighted by molar-refractivity contribution is 7.98. The molecule has 0 aliphatic rings. The van der Waals surface area contributed by atoms with Crippen molar-refractivity contribution >= 4 is 22.7 Å². The molecule has 0 amide bonds. The third-order valence-electron chi connectivity index (χ3n) is 3.07. The van der Waals surface area contributed by atoms with Crippen LogP contribution in [0.2, 0.25) is 0 Å². The van der Waals surface area contributed by atoms with Gasteiger partial charge in [-0.15, -0.1) is 11.8 Å². The molecule has 0 unspecified atom stereocenters. The molecule has 0 spiro atoms. The van der Waals surface area contributed by atoms with Crippen LogP contribution in [-0.4, -0.2) is 4.98 Å². The van der Waals surface area contributed by atoms with Crippen LogP contribution in [0.25, 0.3) is 10.9 Å². The minimum absolute atomic E-state index is 0.326. The Bertz CT molecular complexity index is 769. The van der Waals surface area contributed by atoms with Gasteiger partial charge in [-0.1, -0.05) is 24.3 Å². The van der Waals surface area contributed by atoms with Gasteiger partial charge in [-0.25, -0.2) is 4.39 Å². The minimum Gasteiger partial charge on any atom is -0.350 e. The fourth-order valence-electron chi connectivity index (χ4n) is 2.01. The lowest BCUT2D eigenvalue weighted by Crippen LogP contribution is -1.89. The van der Waals surface area contributed by atoms with E-state index in [4.69, 9.17) is 5.26 Å². The van der Waals surface area contributed by atoms with Crippen LogP contribution < -0.4 is 0 Å². The molecule has 20 heavy (non-hydrogen) atoms. The van der Waals surface area contributed by atoms with Crippen molar-refractivity contribution in [3.63, 3.8) is 0 Å². The van der Waals surface area contributed by atoms with Crippen molar-refractivity contribution in [2.75, 3.05) is 0 Å². The van der Waals surface area contributed by atoms with Crippen LogP contribution >= 0.6 is 11.8 Å². The zero-order valence-corrected chi connectivity index (χ0v) is 11.4. The summed E-state index contributed by atoms with van der Waals surface area (Å²) in [6, 6.07) is 16.6. The Balaban J connectivity index is 1.77. The molecule has 0 fully saturated rings. The molecule has 4 heteroatoms. The van der Waals surface area contributed by atoms with E-state index >= 15 is 0 Å². The number of para-hydroxylation sites is 1. The Kier molecular flexibility index (Phi) is 3.44. The second-order valence-corrected chi connectivity index (χ2v) is 5.44. The van der Waals surface area contributed by atoms with E-state index in [2.05, 4.69) is 11.1 Å². The smallest absolute Gasteiger partial charge is 0.128 e. The fraction of sp³-hybridized carbons (Fsp3) is 0.0625. The van der Waals surface area contributed by atoms with Crippen LogP contribution in [0.15, 0.2) is 53.6 Å². The number of H-pyrrole nitrogens is 1. The zero-order valence-electron chi connectivity index (χ0n) is 10.6. The van der Waals surface area contributed by atoms with Gasteiger partial charge in [-0.05, 0) is 29.8 Å². The molecule has 1 heterocycles. The average Bonchev–Trinajstić information content (AvgIpc) is 2.88. The number of aromatic amines is 1. The monoisotopic (exact) mass is 282 g/mol. The molecule has 0 atom stereocenters. The topological polar surface area (TPSA) is 39.6 Å². The molecule has 0 bridgehead atoms. The summed E-state index contributed by atoms with van der Waals surface area (Å²) >= 11 is 1.55. The van der Waals surface area contributed by atoms with Crippen LogP contribution in [0, 0.1) is 17.1 Å². The molecule has 1 N–H and O–H groups in total. The molecule has 98 valence electrons. The van der Waals surface area contributed by atoms with Gasteiger partial charge < -0.3 is 4.98 Å². The second kappa shape index (κ2) is 5.40. The number of thioether (sulfide) groups is 1. The average molecular weight is 282 g/mol. The van der Waals surface area contributed by atoms with Gasteiger partial charge >= 0.3 is 0 Å². The summed E-state index contributed by atoms with van der Waals surface area (Å²) in [5.74, 6) is 0.206. The highest BCUT2D eigenvalue weighted by Gasteiger charge is 2.06. The Morgan fingerprint density at radius 2 is 2.00 bits per heavy atom. The van der Waals surface area contributed by atoms with E-state index in [-0.39, 0.29) is 5.82 Å². The van der Waals surface area contributed by atoms with Crippen LogP contribution in [-0.2, 0) is 5.75 Å². The number of nitrogens with zero attached hydrogens (tertiary/aromatic N) is 1. The lowest BCUT2D eigenvalue weighted by molar-refractivity contribution is 0.617. The predicted octanol–water partition coefficient (Wildman–Crippen LogP) is 4.47. The van der Waals surface area contributed by atoms with E-state index in [9.17, 15) is 4.39 Å². The van der Waals surface area contributed by atoms with Crippen molar-refractivity contribution in [1.82, 2.24) is 4.98 Å². The number of fused-ring (bicyclic) bond motifs is 1. The SMILES string of the molecule is N#Cc1ccc(CSc2cc3ccccc3[nH]2)c(F)c1. The summed E-state index contributed by atoms with van der Waals surface area (Å²) in [5.41, 5.74) is 2.03. The van der Waals surface area contributed by atoms with Crippen LogP contribution in [0.1, 0.15) is 11.1 Å². The third-order valence-corrected chi connectivity index (χ3v) is 4.06. The van der Waals surface area contributed by atoms with Gasteiger partial charge in [0, 0.05) is 16.7 Å². The fourth-order valence-corrected chi connectivity index (χ4v) is 2.95. The highest BCUT2D eigenvalue weighted by atomic mass is 32.2. The number of benzene rings is 2. The van der Waals surface area contributed by atoms with Crippen molar-refractivity contribution in [1.29, 1.82) is 5.26 Å². The first-order valence-corrected chi connectivity index (χ1v) is 7.14. The lowest BCUT2D eigenvalue weighted by Gasteiger charge is -2.02. The predicted molar refractivity (Wildman–Crippen MR) is 79.0 cm³/mol. The molecule has 0 saturated heterocycles. The quantitative estimate of drug-likeness (QED) is 0.720. The molecule has 0 aliphatic carbocycles. The molecule has 2 nitrogen and oxygen atoms in total. The van der Waals surface area contributed by atoms with Gasteiger partial charge in [0.15, 0.2) is 0 Å². The van der Waals surface area contributed by atoms with Gasteiger partial charge in [0.1, 0.15) is 5.82 Å². The standard InChI is InChI=1S/C16H11FN2S/c17-14-7-11(9-18)5-6-13(14)10-20-16-8-12-3-1-2-4-15(12)19-16/h1-8,19H,10H2. The zero-order chi connectivity index (χ0) is 13.9. The Hall–Kier alpha value is -2.25. The Labute approximate surface area is 120 Å².